The summed E-state index contributed by atoms with van der Waals surface area (Å²) in [5.41, 5.74) is 3.08. The lowest BCUT2D eigenvalue weighted by Crippen LogP contribution is -2.47. The summed E-state index contributed by atoms with van der Waals surface area (Å²) in [7, 11) is 1.55. The van der Waals surface area contributed by atoms with E-state index in [2.05, 4.69) is 22.4 Å². The van der Waals surface area contributed by atoms with Crippen LogP contribution < -0.4 is 10.1 Å². The molecule has 7 heteroatoms. The fourth-order valence-electron chi connectivity index (χ4n) is 4.67. The first-order valence-corrected chi connectivity index (χ1v) is 10.9. The Bertz CT molecular complexity index is 867. The van der Waals surface area contributed by atoms with E-state index in [-0.39, 0.29) is 11.8 Å². The number of aliphatic hydroxyl groups is 1. The van der Waals surface area contributed by atoms with Crippen LogP contribution in [0.3, 0.4) is 0 Å². The van der Waals surface area contributed by atoms with Crippen LogP contribution in [0.5, 0.6) is 5.75 Å². The number of nitrogens with one attached hydrogen (secondary N) is 1. The largest absolute Gasteiger partial charge is 0.495 e. The van der Waals surface area contributed by atoms with Crippen LogP contribution in [0, 0.1) is 5.92 Å². The molecule has 1 aliphatic carbocycles. The summed E-state index contributed by atoms with van der Waals surface area (Å²) >= 11 is 0. The number of amides is 1. The highest BCUT2D eigenvalue weighted by Gasteiger charge is 2.31. The molecule has 166 valence electrons. The molecule has 2 N–H and O–H groups in total. The van der Waals surface area contributed by atoms with Crippen molar-refractivity contribution in [1.29, 1.82) is 0 Å². The third-order valence-corrected chi connectivity index (χ3v) is 6.30. The van der Waals surface area contributed by atoms with Gasteiger partial charge in [-0.3, -0.25) is 14.7 Å². The molecular formula is C24H30FN3O3. The number of rotatable bonds is 8. The molecule has 0 radical (unpaired) electrons. The number of benzene rings is 1. The van der Waals surface area contributed by atoms with E-state index in [4.69, 9.17) is 4.74 Å². The van der Waals surface area contributed by atoms with Gasteiger partial charge in [0, 0.05) is 26.1 Å². The van der Waals surface area contributed by atoms with E-state index in [1.807, 2.05) is 17.0 Å². The number of nitrogens with zero attached hydrogens (tertiary/aromatic N) is 2. The number of aromatic nitrogens is 1. The van der Waals surface area contributed by atoms with E-state index in [0.29, 0.717) is 43.9 Å². The lowest BCUT2D eigenvalue weighted by Gasteiger charge is -2.28. The van der Waals surface area contributed by atoms with E-state index in [9.17, 15) is 14.3 Å². The second-order valence-corrected chi connectivity index (χ2v) is 8.63. The van der Waals surface area contributed by atoms with Gasteiger partial charge in [0.15, 0.2) is 0 Å². The standard InChI is InChI=1S/C24H30FN3O3/c1-31-20-6-7-21(26-13-20)24(30)22(15-28-9-8-19(25)14-28)27-23(29)12-16-10-17-4-2-3-5-18(17)11-16/h2-7,13,16,19,22,24,30H,8-12,14-15H2,1H3,(H,27,29)/t19-,22-,24-/m1/s1. The molecule has 4 rings (SSSR count). The number of likely N-dealkylation sites (tertiary alicyclic amines) is 1. The molecule has 0 bridgehead atoms. The molecule has 1 aromatic heterocycles. The van der Waals surface area contributed by atoms with Gasteiger partial charge in [0.1, 0.15) is 18.0 Å². The van der Waals surface area contributed by atoms with E-state index in [1.165, 1.54) is 11.1 Å². The number of carbonyl (C=O) groups is 1. The monoisotopic (exact) mass is 427 g/mol. The Labute approximate surface area is 182 Å². The quantitative estimate of drug-likeness (QED) is 0.677. The van der Waals surface area contributed by atoms with Crippen molar-refractivity contribution in [1.82, 2.24) is 15.2 Å². The molecule has 2 aromatic rings. The molecule has 1 saturated heterocycles. The van der Waals surface area contributed by atoms with Gasteiger partial charge in [-0.05, 0) is 48.4 Å². The number of methoxy groups -OCH3 is 1. The molecular weight excluding hydrogens is 397 g/mol. The fourth-order valence-corrected chi connectivity index (χ4v) is 4.67. The van der Waals surface area contributed by atoms with Crippen molar-refractivity contribution in [3.63, 3.8) is 0 Å². The van der Waals surface area contributed by atoms with Crippen LogP contribution in [0.1, 0.15) is 35.8 Å². The van der Waals surface area contributed by atoms with Crippen molar-refractivity contribution >= 4 is 5.91 Å². The van der Waals surface area contributed by atoms with E-state index < -0.39 is 18.3 Å². The number of carbonyl (C=O) groups excluding carboxylic acids is 1. The molecule has 3 atom stereocenters. The molecule has 2 aliphatic rings. The number of halogens is 1. The summed E-state index contributed by atoms with van der Waals surface area (Å²) < 4.78 is 18.8. The topological polar surface area (TPSA) is 74.7 Å². The summed E-state index contributed by atoms with van der Waals surface area (Å²) in [6.45, 7) is 1.33. The Kier molecular flexibility index (Phi) is 6.83. The third-order valence-electron chi connectivity index (χ3n) is 6.30. The van der Waals surface area contributed by atoms with Gasteiger partial charge < -0.3 is 15.2 Å². The van der Waals surface area contributed by atoms with Crippen molar-refractivity contribution in [2.24, 2.45) is 5.92 Å². The van der Waals surface area contributed by atoms with Crippen LogP contribution in [-0.4, -0.2) is 59.9 Å². The maximum absolute atomic E-state index is 13.7. The first kappa shape index (κ1) is 21.7. The summed E-state index contributed by atoms with van der Waals surface area (Å²) in [5.74, 6) is 0.764. The number of hydrogen-bond acceptors (Lipinski definition) is 5. The Balaban J connectivity index is 1.41. The summed E-state index contributed by atoms with van der Waals surface area (Å²) in [5, 5.41) is 14.0. The van der Waals surface area contributed by atoms with Gasteiger partial charge in [0.05, 0.1) is 25.0 Å². The molecule has 0 spiro atoms. The maximum Gasteiger partial charge on any atom is 0.220 e. The van der Waals surface area contributed by atoms with Gasteiger partial charge in [0.2, 0.25) is 5.91 Å². The number of fused-ring (bicyclic) bond motifs is 1. The van der Waals surface area contributed by atoms with E-state index in [0.717, 1.165) is 12.8 Å². The van der Waals surface area contributed by atoms with Crippen LogP contribution in [0.25, 0.3) is 0 Å². The van der Waals surface area contributed by atoms with Gasteiger partial charge in [0.25, 0.3) is 0 Å². The Morgan fingerprint density at radius 2 is 2.03 bits per heavy atom. The molecule has 0 unspecified atom stereocenters. The third kappa shape index (κ3) is 5.40. The van der Waals surface area contributed by atoms with Crippen molar-refractivity contribution in [3.8, 4) is 5.75 Å². The lowest BCUT2D eigenvalue weighted by molar-refractivity contribution is -0.123. The van der Waals surface area contributed by atoms with Crippen LogP contribution in [-0.2, 0) is 17.6 Å². The number of aliphatic hydroxyl groups excluding tert-OH is 1. The second kappa shape index (κ2) is 9.75. The lowest BCUT2D eigenvalue weighted by atomic mass is 10.0. The highest BCUT2D eigenvalue weighted by molar-refractivity contribution is 5.77. The molecule has 1 fully saturated rings. The Morgan fingerprint density at radius 3 is 2.61 bits per heavy atom. The van der Waals surface area contributed by atoms with Crippen molar-refractivity contribution in [2.45, 2.75) is 44.0 Å². The first-order valence-electron chi connectivity index (χ1n) is 10.9. The van der Waals surface area contributed by atoms with Gasteiger partial charge in [-0.25, -0.2) is 4.39 Å². The number of ether oxygens (including phenoxy) is 1. The van der Waals surface area contributed by atoms with Crippen molar-refractivity contribution in [2.75, 3.05) is 26.7 Å². The normalized spacial score (nSPS) is 20.9. The van der Waals surface area contributed by atoms with Crippen molar-refractivity contribution < 1.29 is 19.0 Å². The average molecular weight is 428 g/mol. The highest BCUT2D eigenvalue weighted by Crippen LogP contribution is 2.29. The number of pyridine rings is 1. The van der Waals surface area contributed by atoms with Gasteiger partial charge in [-0.2, -0.15) is 0 Å². The molecule has 1 aromatic carbocycles. The summed E-state index contributed by atoms with van der Waals surface area (Å²) in [4.78, 5) is 19.1. The predicted molar refractivity (Wildman–Crippen MR) is 116 cm³/mol. The van der Waals surface area contributed by atoms with Gasteiger partial charge in [-0.15, -0.1) is 0 Å². The molecule has 0 saturated carbocycles. The second-order valence-electron chi connectivity index (χ2n) is 8.63. The summed E-state index contributed by atoms with van der Waals surface area (Å²) in [6.07, 6.45) is 2.37. The molecule has 6 nitrogen and oxygen atoms in total. The maximum atomic E-state index is 13.7. The van der Waals surface area contributed by atoms with E-state index >= 15 is 0 Å². The zero-order chi connectivity index (χ0) is 21.8. The van der Waals surface area contributed by atoms with Crippen LogP contribution in [0.2, 0.25) is 0 Å². The molecule has 1 aliphatic heterocycles. The summed E-state index contributed by atoms with van der Waals surface area (Å²) in [6, 6.07) is 11.2. The fraction of sp³-hybridized carbons (Fsp3) is 0.500. The Hall–Kier alpha value is -2.51. The smallest absolute Gasteiger partial charge is 0.220 e. The highest BCUT2D eigenvalue weighted by atomic mass is 19.1. The van der Waals surface area contributed by atoms with Crippen LogP contribution in [0.15, 0.2) is 42.6 Å². The zero-order valence-corrected chi connectivity index (χ0v) is 17.8. The average Bonchev–Trinajstić information content (AvgIpc) is 3.37. The minimum Gasteiger partial charge on any atom is -0.495 e. The van der Waals surface area contributed by atoms with Gasteiger partial charge in [-0.1, -0.05) is 24.3 Å². The van der Waals surface area contributed by atoms with Crippen LogP contribution >= 0.6 is 0 Å². The molecule has 1 amide bonds. The SMILES string of the molecule is COc1ccc([C@@H](O)[C@@H](CN2CC[C@@H](F)C2)NC(=O)CC2Cc3ccccc3C2)nc1. The molecule has 2 heterocycles. The molecule has 31 heavy (non-hydrogen) atoms. The van der Waals surface area contributed by atoms with E-state index in [1.54, 1.807) is 25.4 Å². The van der Waals surface area contributed by atoms with Crippen LogP contribution in [0.4, 0.5) is 4.39 Å². The number of alkyl halides is 1. The number of hydrogen-bond donors (Lipinski definition) is 2. The van der Waals surface area contributed by atoms with Gasteiger partial charge >= 0.3 is 0 Å². The minimum absolute atomic E-state index is 0.0913. The minimum atomic E-state index is -0.991. The first-order chi connectivity index (χ1) is 15.0. The van der Waals surface area contributed by atoms with Crippen molar-refractivity contribution in [3.05, 3.63) is 59.4 Å². The Morgan fingerprint density at radius 1 is 1.29 bits per heavy atom. The zero-order valence-electron chi connectivity index (χ0n) is 17.8. The predicted octanol–water partition coefficient (Wildman–Crippen LogP) is 2.46.